The van der Waals surface area contributed by atoms with Crippen LogP contribution in [0.4, 0.5) is 0 Å². The lowest BCUT2D eigenvalue weighted by atomic mass is 10.1. The molecule has 0 aromatic carbocycles. The molecule has 63 heavy (non-hydrogen) atoms. The lowest BCUT2D eigenvalue weighted by Crippen LogP contribution is -2.21. The van der Waals surface area contributed by atoms with E-state index in [9.17, 15) is 9.59 Å². The van der Waals surface area contributed by atoms with E-state index in [1.807, 2.05) is 0 Å². The summed E-state index contributed by atoms with van der Waals surface area (Å²) in [6, 6.07) is 0. The minimum atomic E-state index is -0.347. The number of hydrogen-bond acceptors (Lipinski definition) is 9. The second-order valence-corrected chi connectivity index (χ2v) is 16.6. The normalized spacial score (nSPS) is 12.2. The number of esters is 2. The monoisotopic (exact) mass is 890 g/mol. The maximum Gasteiger partial charge on any atom is 0.305 e. The first-order valence-electron chi connectivity index (χ1n) is 26.1. The third-order valence-electron chi connectivity index (χ3n) is 10.6. The second-order valence-electron chi connectivity index (χ2n) is 16.6. The minimum Gasteiger partial charge on any atom is -0.466 e. The van der Waals surface area contributed by atoms with Crippen molar-refractivity contribution in [3.63, 3.8) is 0 Å². The first kappa shape index (κ1) is 60.7. The number of ether oxygens (including phenoxy) is 6. The highest BCUT2D eigenvalue weighted by Gasteiger charge is 2.15. The third kappa shape index (κ3) is 49.0. The molecule has 0 amide bonds. The van der Waals surface area contributed by atoms with Gasteiger partial charge in [-0.05, 0) is 142 Å². The summed E-state index contributed by atoms with van der Waals surface area (Å²) in [7, 11) is 0. The summed E-state index contributed by atoms with van der Waals surface area (Å²) >= 11 is 0. The molecule has 0 aliphatic heterocycles. The van der Waals surface area contributed by atoms with E-state index in [1.165, 1.54) is 25.7 Å². The largest absolute Gasteiger partial charge is 0.466 e. The maximum atomic E-state index is 12.4. The van der Waals surface area contributed by atoms with Crippen molar-refractivity contribution in [3.8, 4) is 0 Å². The second kappa shape index (κ2) is 52.3. The van der Waals surface area contributed by atoms with E-state index < -0.39 is 0 Å². The molecule has 9 nitrogen and oxygen atoms in total. The van der Waals surface area contributed by atoms with E-state index in [0.717, 1.165) is 154 Å². The molecule has 0 aromatic rings. The van der Waals surface area contributed by atoms with Crippen LogP contribution in [0.2, 0.25) is 0 Å². The average molecular weight is 890 g/mol. The molecule has 0 fully saturated rings. The van der Waals surface area contributed by atoms with Gasteiger partial charge in [0.05, 0.1) is 26.1 Å². The zero-order chi connectivity index (χ0) is 45.8. The molecule has 0 aliphatic rings. The van der Waals surface area contributed by atoms with E-state index in [2.05, 4.69) is 81.6 Å². The maximum absolute atomic E-state index is 12.4. The summed E-state index contributed by atoms with van der Waals surface area (Å²) < 4.78 is 35.2. The van der Waals surface area contributed by atoms with Crippen LogP contribution in [0.5, 0.6) is 0 Å². The molecule has 0 spiro atoms. The first-order chi connectivity index (χ1) is 31.1. The van der Waals surface area contributed by atoms with Gasteiger partial charge in [-0.2, -0.15) is 0 Å². The SMILES string of the molecule is CC/C=C\CCCCOC(CCC(=O)OCCCCCCCNCCCCCCCOC(=O)CCC(OCCCC/C=C\CC)OCCCC/C=C\CC)OCCCC/C=C\CC. The van der Waals surface area contributed by atoms with Crippen molar-refractivity contribution in [2.45, 2.75) is 233 Å². The van der Waals surface area contributed by atoms with Crippen LogP contribution in [0, 0.1) is 0 Å². The Morgan fingerprint density at radius 3 is 0.968 bits per heavy atom. The van der Waals surface area contributed by atoms with Crippen LogP contribution in [-0.2, 0) is 38.0 Å². The van der Waals surface area contributed by atoms with E-state index in [4.69, 9.17) is 28.4 Å². The lowest BCUT2D eigenvalue weighted by Gasteiger charge is -2.18. The highest BCUT2D eigenvalue weighted by atomic mass is 16.7. The van der Waals surface area contributed by atoms with Crippen LogP contribution in [0.1, 0.15) is 220 Å². The van der Waals surface area contributed by atoms with Crippen LogP contribution in [0.3, 0.4) is 0 Å². The molecule has 1 N–H and O–H groups in total. The fourth-order valence-electron chi connectivity index (χ4n) is 6.76. The quantitative estimate of drug-likeness (QED) is 0.0277. The smallest absolute Gasteiger partial charge is 0.305 e. The molecule has 368 valence electrons. The molecule has 0 saturated heterocycles. The van der Waals surface area contributed by atoms with Crippen LogP contribution in [0.15, 0.2) is 48.6 Å². The molecule has 0 bridgehead atoms. The lowest BCUT2D eigenvalue weighted by molar-refractivity contribution is -0.159. The predicted octanol–water partition coefficient (Wildman–Crippen LogP) is 14.4. The number of unbranched alkanes of at least 4 members (excludes halogenated alkanes) is 16. The predicted molar refractivity (Wildman–Crippen MR) is 264 cm³/mol. The Morgan fingerprint density at radius 2 is 0.651 bits per heavy atom. The van der Waals surface area contributed by atoms with E-state index in [-0.39, 0.29) is 24.5 Å². The molecule has 0 rings (SSSR count). The molecule has 0 heterocycles. The number of hydrogen-bond donors (Lipinski definition) is 1. The van der Waals surface area contributed by atoms with Gasteiger partial charge >= 0.3 is 11.9 Å². The molecule has 0 aliphatic carbocycles. The highest BCUT2D eigenvalue weighted by Crippen LogP contribution is 2.13. The van der Waals surface area contributed by atoms with Gasteiger partial charge in [0, 0.05) is 39.3 Å². The molecule has 9 heteroatoms. The van der Waals surface area contributed by atoms with Crippen LogP contribution < -0.4 is 5.32 Å². The average Bonchev–Trinajstić information content (AvgIpc) is 3.29. The Balaban J connectivity index is 3.91. The number of nitrogens with one attached hydrogen (secondary N) is 1. The van der Waals surface area contributed by atoms with E-state index in [0.29, 0.717) is 65.3 Å². The van der Waals surface area contributed by atoms with Gasteiger partial charge in [-0.1, -0.05) is 115 Å². The zero-order valence-corrected chi connectivity index (χ0v) is 41.4. The molecule has 0 atom stereocenters. The first-order valence-corrected chi connectivity index (χ1v) is 26.1. The molecule has 0 radical (unpaired) electrons. The van der Waals surface area contributed by atoms with Crippen LogP contribution in [-0.4, -0.2) is 77.2 Å². The topological polar surface area (TPSA) is 102 Å². The van der Waals surface area contributed by atoms with Crippen molar-refractivity contribution < 1.29 is 38.0 Å². The fraction of sp³-hybridized carbons (Fsp3) is 0.815. The van der Waals surface area contributed by atoms with Gasteiger partial charge < -0.3 is 33.7 Å². The van der Waals surface area contributed by atoms with Crippen molar-refractivity contribution in [1.82, 2.24) is 5.32 Å². The summed E-state index contributed by atoms with van der Waals surface area (Å²) in [4.78, 5) is 24.9. The zero-order valence-electron chi connectivity index (χ0n) is 41.4. The summed E-state index contributed by atoms with van der Waals surface area (Å²) in [5.41, 5.74) is 0. The van der Waals surface area contributed by atoms with Crippen LogP contribution in [0.25, 0.3) is 0 Å². The van der Waals surface area contributed by atoms with Crippen molar-refractivity contribution in [2.75, 3.05) is 52.7 Å². The van der Waals surface area contributed by atoms with Crippen molar-refractivity contribution in [2.24, 2.45) is 0 Å². The number of carbonyl (C=O) groups excluding carboxylic acids is 2. The number of carbonyl (C=O) groups is 2. The van der Waals surface area contributed by atoms with Crippen LogP contribution >= 0.6 is 0 Å². The van der Waals surface area contributed by atoms with E-state index in [1.54, 1.807) is 0 Å². The molecule has 0 aromatic heterocycles. The fourth-order valence-corrected chi connectivity index (χ4v) is 6.76. The van der Waals surface area contributed by atoms with Gasteiger partial charge in [-0.15, -0.1) is 0 Å². The summed E-state index contributed by atoms with van der Waals surface area (Å²) in [6.45, 7) is 14.3. The Labute approximate surface area is 388 Å². The van der Waals surface area contributed by atoms with Crippen molar-refractivity contribution in [3.05, 3.63) is 48.6 Å². The Morgan fingerprint density at radius 1 is 0.365 bits per heavy atom. The van der Waals surface area contributed by atoms with Gasteiger partial charge in [0.2, 0.25) is 0 Å². The Bertz CT molecular complexity index is 946. The van der Waals surface area contributed by atoms with Gasteiger partial charge in [0.1, 0.15) is 0 Å². The van der Waals surface area contributed by atoms with Gasteiger partial charge in [-0.25, -0.2) is 0 Å². The Hall–Kier alpha value is -2.30. The highest BCUT2D eigenvalue weighted by molar-refractivity contribution is 5.69. The number of allylic oxidation sites excluding steroid dienone is 8. The molecular formula is C54H99NO8. The van der Waals surface area contributed by atoms with Gasteiger partial charge in [-0.3, -0.25) is 9.59 Å². The number of rotatable bonds is 50. The molecule has 0 saturated carbocycles. The summed E-state index contributed by atoms with van der Waals surface area (Å²) in [5, 5.41) is 3.58. The summed E-state index contributed by atoms with van der Waals surface area (Å²) in [5.74, 6) is -0.314. The summed E-state index contributed by atoms with van der Waals surface area (Å²) in [6.07, 6.45) is 46.8. The molecular weight excluding hydrogens is 791 g/mol. The van der Waals surface area contributed by atoms with Gasteiger partial charge in [0.15, 0.2) is 12.6 Å². The van der Waals surface area contributed by atoms with Crippen molar-refractivity contribution >= 4 is 11.9 Å². The van der Waals surface area contributed by atoms with Gasteiger partial charge in [0.25, 0.3) is 0 Å². The molecule has 0 unspecified atom stereocenters. The minimum absolute atomic E-state index is 0.157. The van der Waals surface area contributed by atoms with E-state index >= 15 is 0 Å². The standard InChI is InChI=1S/C54H99NO8/c1-5-9-13-17-25-35-47-60-53(61-48-36-26-18-14-10-6-2)41-39-51(56)58-45-33-29-21-23-31-43-55-44-32-24-22-30-34-46-59-52(57)40-42-54(62-49-37-27-19-15-11-7-3)63-50-38-28-20-16-12-8-4/h9-16,53-55H,5-8,17-50H2,1-4H3/b13-9-,14-10-,15-11-,16-12-. The van der Waals surface area contributed by atoms with Crippen molar-refractivity contribution in [1.29, 1.82) is 0 Å². The Kier molecular flexibility index (Phi) is 50.4. The third-order valence-corrected chi connectivity index (χ3v) is 10.6.